The van der Waals surface area contributed by atoms with Gasteiger partial charge in [0.05, 0.1) is 31.2 Å². The van der Waals surface area contributed by atoms with E-state index in [0.717, 1.165) is 12.1 Å². The molecule has 0 saturated carbocycles. The van der Waals surface area contributed by atoms with Crippen LogP contribution in [0.1, 0.15) is 64.5 Å². The maximum atomic E-state index is 13.5. The normalized spacial score (nSPS) is 20.2. The summed E-state index contributed by atoms with van der Waals surface area (Å²) in [4.78, 5) is 25.6. The van der Waals surface area contributed by atoms with Crippen LogP contribution in [-0.4, -0.2) is 52.3 Å². The molecule has 0 spiro atoms. The van der Waals surface area contributed by atoms with E-state index in [1.54, 1.807) is 0 Å². The quantitative estimate of drug-likeness (QED) is 0.368. The first-order chi connectivity index (χ1) is 17.5. The molecule has 3 atom stereocenters. The third-order valence-corrected chi connectivity index (χ3v) is 6.77. The number of anilines is 1. The van der Waals surface area contributed by atoms with Crippen LogP contribution in [-0.2, 0) is 17.5 Å². The van der Waals surface area contributed by atoms with Gasteiger partial charge >= 0.3 is 12.3 Å². The number of alkyl halides is 3. The molecule has 1 unspecified atom stereocenters. The van der Waals surface area contributed by atoms with E-state index >= 15 is 0 Å². The summed E-state index contributed by atoms with van der Waals surface area (Å²) in [5.41, 5.74) is -0.420. The maximum absolute atomic E-state index is 13.5. The number of piperidine rings is 1. The molecule has 11 heteroatoms. The van der Waals surface area contributed by atoms with Gasteiger partial charge in [0, 0.05) is 29.7 Å². The van der Waals surface area contributed by atoms with Gasteiger partial charge in [0.2, 0.25) is 5.95 Å². The summed E-state index contributed by atoms with van der Waals surface area (Å²) in [6, 6.07) is 3.18. The third kappa shape index (κ3) is 7.18. The molecule has 1 saturated heterocycles. The number of aromatic nitrogens is 2. The van der Waals surface area contributed by atoms with Crippen molar-refractivity contribution in [2.24, 2.45) is 0 Å². The SMILES string of the molecule is CC[C@@H]1CC(N(Cc2cc(Cl)cc(C(F)(F)F)c2)c2ncc(OC)cn2)C[C@H](CC)N1C(=O)OC(C)C. The molecular formula is C26H34ClF3N4O3. The standard InChI is InChI=1S/C26H34ClF3N4O3/c1-6-20-11-22(12-21(7-2)34(20)25(35)37-16(3)4)33(24-31-13-23(36-5)14-32-24)15-17-8-18(26(28,29)30)10-19(27)9-17/h8-10,13-14,16,20-22H,6-7,11-12,15H2,1-5H3/t20-,21+,22?. The summed E-state index contributed by atoms with van der Waals surface area (Å²) in [5.74, 6) is 0.831. The van der Waals surface area contributed by atoms with Crippen molar-refractivity contribution in [2.75, 3.05) is 12.0 Å². The second kappa shape index (κ2) is 12.2. The number of methoxy groups -OCH3 is 1. The molecule has 0 bridgehead atoms. The Labute approximate surface area is 220 Å². The van der Waals surface area contributed by atoms with Gasteiger partial charge < -0.3 is 19.3 Å². The van der Waals surface area contributed by atoms with Crippen LogP contribution in [0.25, 0.3) is 0 Å². The summed E-state index contributed by atoms with van der Waals surface area (Å²) in [5, 5.41) is 0.00421. The highest BCUT2D eigenvalue weighted by Gasteiger charge is 2.41. The van der Waals surface area contributed by atoms with E-state index in [-0.39, 0.29) is 41.9 Å². The zero-order chi connectivity index (χ0) is 27.3. The Hall–Kier alpha value is -2.75. The molecule has 7 nitrogen and oxygen atoms in total. The maximum Gasteiger partial charge on any atom is 0.416 e. The van der Waals surface area contributed by atoms with Gasteiger partial charge in [-0.1, -0.05) is 25.4 Å². The van der Waals surface area contributed by atoms with E-state index in [1.165, 1.54) is 25.6 Å². The molecule has 1 aliphatic heterocycles. The van der Waals surface area contributed by atoms with Gasteiger partial charge in [-0.15, -0.1) is 0 Å². The van der Waals surface area contributed by atoms with Crippen LogP contribution in [0, 0.1) is 0 Å². The van der Waals surface area contributed by atoms with Crippen molar-refractivity contribution >= 4 is 23.6 Å². The number of carbonyl (C=O) groups is 1. The van der Waals surface area contributed by atoms with Crippen LogP contribution >= 0.6 is 11.6 Å². The van der Waals surface area contributed by atoms with Crippen molar-refractivity contribution in [1.29, 1.82) is 0 Å². The van der Waals surface area contributed by atoms with Gasteiger partial charge in [-0.05, 0) is 63.3 Å². The Morgan fingerprint density at radius 3 is 2.22 bits per heavy atom. The average molecular weight is 543 g/mol. The van der Waals surface area contributed by atoms with E-state index in [0.29, 0.717) is 42.9 Å². The Bertz CT molecular complexity index is 1040. The van der Waals surface area contributed by atoms with Crippen LogP contribution in [0.15, 0.2) is 30.6 Å². The second-order valence-electron chi connectivity index (χ2n) is 9.49. The number of amides is 1. The van der Waals surface area contributed by atoms with E-state index in [2.05, 4.69) is 9.97 Å². The summed E-state index contributed by atoms with van der Waals surface area (Å²) in [6.07, 6.45) is 0.518. The topological polar surface area (TPSA) is 67.8 Å². The van der Waals surface area contributed by atoms with Crippen LogP contribution in [0.2, 0.25) is 5.02 Å². The number of hydrogen-bond acceptors (Lipinski definition) is 6. The van der Waals surface area contributed by atoms with Crippen molar-refractivity contribution in [2.45, 2.75) is 90.3 Å². The van der Waals surface area contributed by atoms with Gasteiger partial charge in [-0.3, -0.25) is 0 Å². The van der Waals surface area contributed by atoms with Crippen LogP contribution in [0.5, 0.6) is 5.75 Å². The molecule has 1 aromatic carbocycles. The monoisotopic (exact) mass is 542 g/mol. The van der Waals surface area contributed by atoms with Crippen LogP contribution in [0.3, 0.4) is 0 Å². The van der Waals surface area contributed by atoms with Gasteiger partial charge in [0.1, 0.15) is 0 Å². The van der Waals surface area contributed by atoms with Gasteiger partial charge in [0.15, 0.2) is 5.75 Å². The first-order valence-corrected chi connectivity index (χ1v) is 12.8. The largest absolute Gasteiger partial charge is 0.494 e. The van der Waals surface area contributed by atoms with E-state index in [9.17, 15) is 18.0 Å². The molecular weight excluding hydrogens is 509 g/mol. The van der Waals surface area contributed by atoms with Crippen molar-refractivity contribution < 1.29 is 27.4 Å². The molecule has 37 heavy (non-hydrogen) atoms. The average Bonchev–Trinajstić information content (AvgIpc) is 2.85. The van der Waals surface area contributed by atoms with Crippen molar-refractivity contribution in [3.8, 4) is 5.75 Å². The Balaban J connectivity index is 1.99. The lowest BCUT2D eigenvalue weighted by molar-refractivity contribution is -0.137. The van der Waals surface area contributed by atoms with E-state index in [1.807, 2.05) is 37.5 Å². The Kier molecular flexibility index (Phi) is 9.50. The molecule has 0 aliphatic carbocycles. The first kappa shape index (κ1) is 28.8. The highest BCUT2D eigenvalue weighted by atomic mass is 35.5. The van der Waals surface area contributed by atoms with Crippen molar-refractivity contribution in [3.63, 3.8) is 0 Å². The summed E-state index contributed by atoms with van der Waals surface area (Å²) >= 11 is 6.07. The number of likely N-dealkylation sites (tertiary alicyclic amines) is 1. The predicted octanol–water partition coefficient (Wildman–Crippen LogP) is 6.73. The first-order valence-electron chi connectivity index (χ1n) is 12.4. The number of ether oxygens (including phenoxy) is 2. The molecule has 2 aromatic rings. The number of benzene rings is 1. The minimum absolute atomic E-state index is 0.00421. The molecule has 1 aliphatic rings. The summed E-state index contributed by atoms with van der Waals surface area (Å²) < 4.78 is 51.2. The summed E-state index contributed by atoms with van der Waals surface area (Å²) in [7, 11) is 1.50. The van der Waals surface area contributed by atoms with Crippen molar-refractivity contribution in [3.05, 3.63) is 46.7 Å². The minimum Gasteiger partial charge on any atom is -0.494 e. The van der Waals surface area contributed by atoms with Crippen LogP contribution < -0.4 is 9.64 Å². The highest BCUT2D eigenvalue weighted by molar-refractivity contribution is 6.30. The molecule has 0 radical (unpaired) electrons. The fourth-order valence-corrected chi connectivity index (χ4v) is 5.08. The highest BCUT2D eigenvalue weighted by Crippen LogP contribution is 2.35. The molecule has 1 aromatic heterocycles. The van der Waals surface area contributed by atoms with Gasteiger partial charge in [0.25, 0.3) is 0 Å². The Morgan fingerprint density at radius 2 is 1.73 bits per heavy atom. The van der Waals surface area contributed by atoms with Gasteiger partial charge in [-0.2, -0.15) is 13.2 Å². The van der Waals surface area contributed by atoms with E-state index in [4.69, 9.17) is 21.1 Å². The number of rotatable bonds is 8. The number of nitrogens with zero attached hydrogens (tertiary/aromatic N) is 4. The molecule has 2 heterocycles. The predicted molar refractivity (Wildman–Crippen MR) is 136 cm³/mol. The molecule has 0 N–H and O–H groups in total. The molecule has 1 amide bonds. The third-order valence-electron chi connectivity index (χ3n) is 6.55. The fourth-order valence-electron chi connectivity index (χ4n) is 4.82. The lowest BCUT2D eigenvalue weighted by Crippen LogP contribution is -2.57. The minimum atomic E-state index is -4.52. The molecule has 204 valence electrons. The lowest BCUT2D eigenvalue weighted by atomic mass is 9.87. The van der Waals surface area contributed by atoms with Crippen molar-refractivity contribution in [1.82, 2.24) is 14.9 Å². The number of hydrogen-bond donors (Lipinski definition) is 0. The van der Waals surface area contributed by atoms with E-state index < -0.39 is 11.7 Å². The van der Waals surface area contributed by atoms with Gasteiger partial charge in [-0.25, -0.2) is 14.8 Å². The lowest BCUT2D eigenvalue weighted by Gasteiger charge is -2.47. The number of carbonyl (C=O) groups excluding carboxylic acids is 1. The zero-order valence-electron chi connectivity index (χ0n) is 21.8. The number of halogens is 4. The molecule has 3 rings (SSSR count). The summed E-state index contributed by atoms with van der Waals surface area (Å²) in [6.45, 7) is 7.77. The smallest absolute Gasteiger partial charge is 0.416 e. The second-order valence-corrected chi connectivity index (χ2v) is 9.92. The fraction of sp³-hybridized carbons (Fsp3) is 0.577. The Morgan fingerprint density at radius 1 is 1.14 bits per heavy atom. The molecule has 1 fully saturated rings. The van der Waals surface area contributed by atoms with Crippen LogP contribution in [0.4, 0.5) is 23.9 Å². The zero-order valence-corrected chi connectivity index (χ0v) is 22.5.